The van der Waals surface area contributed by atoms with E-state index in [1.807, 2.05) is 0 Å². The van der Waals surface area contributed by atoms with Crippen molar-refractivity contribution in [2.24, 2.45) is 5.41 Å². The van der Waals surface area contributed by atoms with Gasteiger partial charge in [0, 0.05) is 33.5 Å². The third-order valence-electron chi connectivity index (χ3n) is 3.82. The molecular formula is C14H26N2O5. The zero-order valence-electron chi connectivity index (χ0n) is 12.8. The van der Waals surface area contributed by atoms with Gasteiger partial charge in [-0.2, -0.15) is 0 Å². The van der Waals surface area contributed by atoms with Gasteiger partial charge in [-0.25, -0.2) is 9.59 Å². The Morgan fingerprint density at radius 2 is 2.05 bits per heavy atom. The fourth-order valence-corrected chi connectivity index (χ4v) is 2.23. The minimum absolute atomic E-state index is 0.0182. The molecule has 0 radical (unpaired) electrons. The maximum atomic E-state index is 11.8. The van der Waals surface area contributed by atoms with Gasteiger partial charge in [0.2, 0.25) is 0 Å². The Morgan fingerprint density at radius 3 is 2.62 bits per heavy atom. The van der Waals surface area contributed by atoms with Crippen LogP contribution in [0.25, 0.3) is 0 Å². The van der Waals surface area contributed by atoms with Gasteiger partial charge in [0.15, 0.2) is 0 Å². The number of carboxylic acid groups (broad SMARTS) is 1. The second kappa shape index (κ2) is 8.84. The van der Waals surface area contributed by atoms with Gasteiger partial charge in [-0.15, -0.1) is 0 Å². The highest BCUT2D eigenvalue weighted by molar-refractivity contribution is 5.82. The lowest BCUT2D eigenvalue weighted by Gasteiger charge is -2.33. The molecule has 7 nitrogen and oxygen atoms in total. The lowest BCUT2D eigenvalue weighted by atomic mass is 9.82. The van der Waals surface area contributed by atoms with Crippen LogP contribution < -0.4 is 10.6 Å². The number of hydrogen-bond acceptors (Lipinski definition) is 4. The number of nitrogens with one attached hydrogen (secondary N) is 2. The van der Waals surface area contributed by atoms with Crippen molar-refractivity contribution in [1.82, 2.24) is 10.6 Å². The fourth-order valence-electron chi connectivity index (χ4n) is 2.23. The lowest BCUT2D eigenvalue weighted by Crippen LogP contribution is -2.49. The summed E-state index contributed by atoms with van der Waals surface area (Å²) in [5.41, 5.74) is 0.0182. The first-order chi connectivity index (χ1) is 9.97. The van der Waals surface area contributed by atoms with E-state index >= 15 is 0 Å². The third-order valence-corrected chi connectivity index (χ3v) is 3.82. The molecule has 21 heavy (non-hydrogen) atoms. The largest absolute Gasteiger partial charge is 0.480 e. The van der Waals surface area contributed by atoms with Crippen LogP contribution in [0.5, 0.6) is 0 Å². The van der Waals surface area contributed by atoms with Gasteiger partial charge < -0.3 is 25.2 Å². The van der Waals surface area contributed by atoms with E-state index in [-0.39, 0.29) is 5.41 Å². The summed E-state index contributed by atoms with van der Waals surface area (Å²) in [7, 11) is 1.56. The number of amides is 2. The topological polar surface area (TPSA) is 96.9 Å². The van der Waals surface area contributed by atoms with Crippen molar-refractivity contribution >= 4 is 12.0 Å². The van der Waals surface area contributed by atoms with Crippen molar-refractivity contribution in [3.63, 3.8) is 0 Å². The Kier molecular flexibility index (Phi) is 7.45. The minimum atomic E-state index is -1.03. The maximum Gasteiger partial charge on any atom is 0.326 e. The van der Waals surface area contributed by atoms with Crippen LogP contribution in [0.1, 0.15) is 32.6 Å². The molecular weight excluding hydrogens is 276 g/mol. The normalized spacial score (nSPS) is 18.8. The van der Waals surface area contributed by atoms with Crippen molar-refractivity contribution in [2.75, 3.05) is 33.5 Å². The summed E-state index contributed by atoms with van der Waals surface area (Å²) in [5, 5.41) is 14.4. The van der Waals surface area contributed by atoms with E-state index in [9.17, 15) is 9.59 Å². The van der Waals surface area contributed by atoms with Crippen LogP contribution in [0.2, 0.25) is 0 Å². The summed E-state index contributed by atoms with van der Waals surface area (Å²) >= 11 is 0. The summed E-state index contributed by atoms with van der Waals surface area (Å²) < 4.78 is 10.2. The highest BCUT2D eigenvalue weighted by Crippen LogP contribution is 2.28. The quantitative estimate of drug-likeness (QED) is 0.581. The molecule has 2 amide bonds. The molecule has 7 heteroatoms. The smallest absolute Gasteiger partial charge is 0.326 e. The Bertz CT molecular complexity index is 342. The number of aliphatic carboxylic acids is 1. The van der Waals surface area contributed by atoms with E-state index < -0.39 is 18.0 Å². The van der Waals surface area contributed by atoms with E-state index in [1.165, 1.54) is 0 Å². The highest BCUT2D eigenvalue weighted by atomic mass is 16.5. The predicted molar refractivity (Wildman–Crippen MR) is 77.2 cm³/mol. The average Bonchev–Trinajstić information content (AvgIpc) is 2.45. The molecule has 1 aliphatic heterocycles. The minimum Gasteiger partial charge on any atom is -0.480 e. The standard InChI is InChI=1S/C14H26N2O5/c1-14(5-8-21-9-6-14)10-15-13(19)16-11(12(17)18)4-3-7-20-2/h11H,3-10H2,1-2H3,(H,17,18)(H2,15,16,19). The summed E-state index contributed by atoms with van der Waals surface area (Å²) in [6, 6.07) is -1.32. The van der Waals surface area contributed by atoms with Crippen molar-refractivity contribution in [1.29, 1.82) is 0 Å². The number of methoxy groups -OCH3 is 1. The molecule has 1 rings (SSSR count). The van der Waals surface area contributed by atoms with Gasteiger partial charge in [-0.05, 0) is 31.1 Å². The summed E-state index contributed by atoms with van der Waals surface area (Å²) in [4.78, 5) is 22.9. The Hall–Kier alpha value is -1.34. The Morgan fingerprint density at radius 1 is 1.38 bits per heavy atom. The van der Waals surface area contributed by atoms with Crippen LogP contribution in [0.4, 0.5) is 4.79 Å². The molecule has 1 saturated heterocycles. The molecule has 122 valence electrons. The molecule has 1 fully saturated rings. The van der Waals surface area contributed by atoms with Gasteiger partial charge in [0.05, 0.1) is 0 Å². The molecule has 3 N–H and O–H groups in total. The molecule has 1 heterocycles. The molecule has 0 spiro atoms. The first kappa shape index (κ1) is 17.7. The number of carbonyl (C=O) groups is 2. The lowest BCUT2D eigenvalue weighted by molar-refractivity contribution is -0.139. The van der Waals surface area contributed by atoms with Crippen molar-refractivity contribution in [3.05, 3.63) is 0 Å². The zero-order chi connectivity index (χ0) is 15.7. The number of hydrogen-bond donors (Lipinski definition) is 3. The molecule has 0 aromatic carbocycles. The van der Waals surface area contributed by atoms with E-state index in [2.05, 4.69) is 17.6 Å². The van der Waals surface area contributed by atoms with Gasteiger partial charge in [-0.1, -0.05) is 6.92 Å². The number of rotatable bonds is 8. The van der Waals surface area contributed by atoms with E-state index in [0.29, 0.717) is 39.2 Å². The van der Waals surface area contributed by atoms with E-state index in [0.717, 1.165) is 12.8 Å². The van der Waals surface area contributed by atoms with Crippen LogP contribution in [0, 0.1) is 5.41 Å². The van der Waals surface area contributed by atoms with Crippen LogP contribution in [0.3, 0.4) is 0 Å². The van der Waals surface area contributed by atoms with Gasteiger partial charge in [-0.3, -0.25) is 0 Å². The van der Waals surface area contributed by atoms with Crippen molar-refractivity contribution in [2.45, 2.75) is 38.6 Å². The third kappa shape index (κ3) is 6.77. The van der Waals surface area contributed by atoms with Gasteiger partial charge in [0.25, 0.3) is 0 Å². The van der Waals surface area contributed by atoms with Crippen LogP contribution in [0.15, 0.2) is 0 Å². The molecule has 1 unspecified atom stereocenters. The molecule has 0 aromatic rings. The Labute approximate surface area is 125 Å². The summed E-state index contributed by atoms with van der Waals surface area (Å²) in [5.74, 6) is -1.03. The maximum absolute atomic E-state index is 11.8. The second-order valence-electron chi connectivity index (χ2n) is 5.78. The monoisotopic (exact) mass is 302 g/mol. The van der Waals surface area contributed by atoms with Gasteiger partial charge >= 0.3 is 12.0 Å². The molecule has 1 atom stereocenters. The molecule has 0 aromatic heterocycles. The SMILES string of the molecule is COCCCC(NC(=O)NCC1(C)CCOCC1)C(=O)O. The van der Waals surface area contributed by atoms with E-state index in [1.54, 1.807) is 7.11 Å². The first-order valence-corrected chi connectivity index (χ1v) is 7.31. The number of urea groups is 1. The van der Waals surface area contributed by atoms with E-state index in [4.69, 9.17) is 14.6 Å². The number of ether oxygens (including phenoxy) is 2. The van der Waals surface area contributed by atoms with Gasteiger partial charge in [0.1, 0.15) is 6.04 Å². The van der Waals surface area contributed by atoms with Crippen molar-refractivity contribution in [3.8, 4) is 0 Å². The number of carbonyl (C=O) groups excluding carboxylic acids is 1. The highest BCUT2D eigenvalue weighted by Gasteiger charge is 2.28. The molecule has 0 bridgehead atoms. The summed E-state index contributed by atoms with van der Waals surface area (Å²) in [6.07, 6.45) is 2.72. The average molecular weight is 302 g/mol. The zero-order valence-corrected chi connectivity index (χ0v) is 12.8. The second-order valence-corrected chi connectivity index (χ2v) is 5.78. The molecule has 1 aliphatic rings. The molecule has 0 aliphatic carbocycles. The Balaban J connectivity index is 2.33. The first-order valence-electron chi connectivity index (χ1n) is 7.31. The van der Waals surface area contributed by atoms with Crippen molar-refractivity contribution < 1.29 is 24.2 Å². The predicted octanol–water partition coefficient (Wildman–Crippen LogP) is 0.982. The number of carboxylic acids is 1. The molecule has 0 saturated carbocycles. The van der Waals surface area contributed by atoms with Crippen LogP contribution in [-0.4, -0.2) is 56.6 Å². The van der Waals surface area contributed by atoms with Crippen LogP contribution >= 0.6 is 0 Å². The fraction of sp³-hybridized carbons (Fsp3) is 0.857. The van der Waals surface area contributed by atoms with Crippen LogP contribution in [-0.2, 0) is 14.3 Å². The summed E-state index contributed by atoms with van der Waals surface area (Å²) in [6.45, 7) is 4.50.